The summed E-state index contributed by atoms with van der Waals surface area (Å²) in [6.45, 7) is 0.237. The number of nitrogens with zero attached hydrogens (tertiary/aromatic N) is 1. The lowest BCUT2D eigenvalue weighted by Gasteiger charge is -2.10. The normalized spacial score (nSPS) is 11.8. The summed E-state index contributed by atoms with van der Waals surface area (Å²) in [4.78, 5) is 4.27. The number of benzene rings is 1. The number of fused-ring (bicyclic) bond motifs is 1. The van der Waals surface area contributed by atoms with Crippen molar-refractivity contribution >= 4 is 44.3 Å². The minimum Gasteiger partial charge on any atom is -0.382 e. The molecule has 19 heavy (non-hydrogen) atoms. The number of alkyl halides is 3. The Balaban J connectivity index is 2.05. The van der Waals surface area contributed by atoms with Crippen LogP contribution in [0.15, 0.2) is 34.9 Å². The molecule has 0 aliphatic carbocycles. The SMILES string of the molecule is FC(F)(F)SCCNc1cccc2cc(Br)cnc12. The highest BCUT2D eigenvalue weighted by molar-refractivity contribution is 9.10. The predicted molar refractivity (Wildman–Crippen MR) is 76.4 cm³/mol. The van der Waals surface area contributed by atoms with Gasteiger partial charge in [-0.2, -0.15) is 13.2 Å². The molecule has 0 amide bonds. The zero-order valence-electron chi connectivity index (χ0n) is 9.67. The van der Waals surface area contributed by atoms with Crippen molar-refractivity contribution < 1.29 is 13.2 Å². The lowest BCUT2D eigenvalue weighted by Crippen LogP contribution is -2.09. The summed E-state index contributed by atoms with van der Waals surface area (Å²) in [7, 11) is 0. The molecule has 0 fully saturated rings. The Morgan fingerprint density at radius 1 is 1.32 bits per heavy atom. The van der Waals surface area contributed by atoms with Gasteiger partial charge in [0.15, 0.2) is 0 Å². The van der Waals surface area contributed by atoms with Gasteiger partial charge in [0.25, 0.3) is 0 Å². The first-order valence-corrected chi connectivity index (χ1v) is 7.22. The van der Waals surface area contributed by atoms with E-state index in [2.05, 4.69) is 26.2 Å². The number of hydrogen-bond acceptors (Lipinski definition) is 3. The number of para-hydroxylation sites is 1. The third kappa shape index (κ3) is 4.28. The highest BCUT2D eigenvalue weighted by Crippen LogP contribution is 2.30. The van der Waals surface area contributed by atoms with Crippen LogP contribution in [-0.2, 0) is 0 Å². The van der Waals surface area contributed by atoms with Crippen LogP contribution < -0.4 is 5.32 Å². The summed E-state index contributed by atoms with van der Waals surface area (Å²) >= 11 is 3.30. The molecule has 0 spiro atoms. The second kappa shape index (κ2) is 6.00. The van der Waals surface area contributed by atoms with Crippen LogP contribution in [0.1, 0.15) is 0 Å². The fraction of sp³-hybridized carbons (Fsp3) is 0.250. The average Bonchev–Trinajstić information content (AvgIpc) is 2.33. The molecular weight excluding hydrogens is 341 g/mol. The number of pyridine rings is 1. The Hall–Kier alpha value is -0.950. The predicted octanol–water partition coefficient (Wildman–Crippen LogP) is 4.66. The number of halogens is 4. The van der Waals surface area contributed by atoms with Crippen LogP contribution in [0.3, 0.4) is 0 Å². The van der Waals surface area contributed by atoms with Crippen molar-refractivity contribution in [1.29, 1.82) is 0 Å². The van der Waals surface area contributed by atoms with E-state index < -0.39 is 5.51 Å². The molecule has 0 atom stereocenters. The molecule has 2 rings (SSSR count). The summed E-state index contributed by atoms with van der Waals surface area (Å²) in [5.74, 6) is -0.0313. The van der Waals surface area contributed by atoms with E-state index in [-0.39, 0.29) is 24.1 Å². The Labute approximate surface area is 120 Å². The summed E-state index contributed by atoms with van der Waals surface area (Å²) in [5.41, 5.74) is -2.68. The van der Waals surface area contributed by atoms with Crippen molar-refractivity contribution in [3.05, 3.63) is 34.9 Å². The van der Waals surface area contributed by atoms with Gasteiger partial charge in [0, 0.05) is 28.4 Å². The first kappa shape index (κ1) is 14.5. The molecule has 0 saturated carbocycles. The standard InChI is InChI=1S/C12H10BrF3N2S/c13-9-6-8-2-1-3-10(11(8)18-7-9)17-4-5-19-12(14,15)16/h1-3,6-7,17H,4-5H2. The van der Waals surface area contributed by atoms with Gasteiger partial charge in [-0.05, 0) is 39.8 Å². The summed E-state index contributed by atoms with van der Waals surface area (Å²) in [6, 6.07) is 7.47. The molecule has 0 saturated heterocycles. The molecule has 0 aliphatic rings. The van der Waals surface area contributed by atoms with E-state index in [1.165, 1.54) is 0 Å². The zero-order chi connectivity index (χ0) is 13.9. The molecule has 102 valence electrons. The molecule has 7 heteroatoms. The molecule has 1 N–H and O–H groups in total. The number of hydrogen-bond donors (Lipinski definition) is 1. The van der Waals surface area contributed by atoms with Gasteiger partial charge < -0.3 is 5.32 Å². The molecule has 1 heterocycles. The largest absolute Gasteiger partial charge is 0.441 e. The number of nitrogens with one attached hydrogen (secondary N) is 1. The molecule has 0 aliphatic heterocycles. The molecular formula is C12H10BrF3N2S. The minimum atomic E-state index is -4.18. The lowest BCUT2D eigenvalue weighted by atomic mass is 10.2. The highest BCUT2D eigenvalue weighted by Gasteiger charge is 2.27. The Bertz CT molecular complexity index is 574. The summed E-state index contributed by atoms with van der Waals surface area (Å²) in [6.07, 6.45) is 1.66. The van der Waals surface area contributed by atoms with Crippen molar-refractivity contribution in [1.82, 2.24) is 4.98 Å². The van der Waals surface area contributed by atoms with E-state index in [1.54, 1.807) is 6.20 Å². The van der Waals surface area contributed by atoms with Crippen LogP contribution in [0.5, 0.6) is 0 Å². The van der Waals surface area contributed by atoms with E-state index in [9.17, 15) is 13.2 Å². The topological polar surface area (TPSA) is 24.9 Å². The van der Waals surface area contributed by atoms with Crippen molar-refractivity contribution in [2.45, 2.75) is 5.51 Å². The van der Waals surface area contributed by atoms with Crippen molar-refractivity contribution in [2.24, 2.45) is 0 Å². The van der Waals surface area contributed by atoms with Crippen LogP contribution in [0.25, 0.3) is 10.9 Å². The molecule has 2 nitrogen and oxygen atoms in total. The van der Waals surface area contributed by atoms with Gasteiger partial charge in [0.05, 0.1) is 11.2 Å². The number of anilines is 1. The van der Waals surface area contributed by atoms with E-state index in [4.69, 9.17) is 0 Å². The van der Waals surface area contributed by atoms with Gasteiger partial charge in [-0.15, -0.1) is 0 Å². The van der Waals surface area contributed by atoms with Gasteiger partial charge in [-0.3, -0.25) is 4.98 Å². The Morgan fingerprint density at radius 3 is 2.84 bits per heavy atom. The molecule has 1 aromatic heterocycles. The maximum Gasteiger partial charge on any atom is 0.441 e. The first-order chi connectivity index (χ1) is 8.96. The van der Waals surface area contributed by atoms with E-state index in [0.29, 0.717) is 0 Å². The van der Waals surface area contributed by atoms with Crippen molar-refractivity contribution in [2.75, 3.05) is 17.6 Å². The van der Waals surface area contributed by atoms with Crippen LogP contribution in [0.4, 0.5) is 18.9 Å². The van der Waals surface area contributed by atoms with Crippen LogP contribution >= 0.6 is 27.7 Å². The Kier molecular flexibility index (Phi) is 4.57. The fourth-order valence-corrected chi connectivity index (χ4v) is 2.41. The highest BCUT2D eigenvalue weighted by atomic mass is 79.9. The minimum absolute atomic E-state index is 0.0297. The van der Waals surface area contributed by atoms with Gasteiger partial charge in [0.2, 0.25) is 0 Å². The molecule has 2 aromatic rings. The maximum absolute atomic E-state index is 12.0. The number of rotatable bonds is 4. The quantitative estimate of drug-likeness (QED) is 0.811. The maximum atomic E-state index is 12.0. The monoisotopic (exact) mass is 350 g/mol. The molecule has 0 radical (unpaired) electrons. The van der Waals surface area contributed by atoms with Gasteiger partial charge in [-0.1, -0.05) is 12.1 Å². The summed E-state index contributed by atoms with van der Waals surface area (Å²) < 4.78 is 36.9. The molecule has 1 aromatic carbocycles. The Morgan fingerprint density at radius 2 is 2.11 bits per heavy atom. The molecule has 0 unspecified atom stereocenters. The van der Waals surface area contributed by atoms with Crippen molar-refractivity contribution in [3.63, 3.8) is 0 Å². The van der Waals surface area contributed by atoms with Crippen molar-refractivity contribution in [3.8, 4) is 0 Å². The number of thioether (sulfide) groups is 1. The van der Waals surface area contributed by atoms with Crippen LogP contribution in [0.2, 0.25) is 0 Å². The third-order valence-electron chi connectivity index (χ3n) is 2.36. The lowest BCUT2D eigenvalue weighted by molar-refractivity contribution is -0.0327. The fourth-order valence-electron chi connectivity index (χ4n) is 1.63. The smallest absolute Gasteiger partial charge is 0.382 e. The van der Waals surface area contributed by atoms with Crippen LogP contribution in [0, 0.1) is 0 Å². The summed E-state index contributed by atoms with van der Waals surface area (Å²) in [5, 5.41) is 3.91. The number of aromatic nitrogens is 1. The van der Waals surface area contributed by atoms with E-state index >= 15 is 0 Å². The average molecular weight is 351 g/mol. The van der Waals surface area contributed by atoms with Gasteiger partial charge in [-0.25, -0.2) is 0 Å². The first-order valence-electron chi connectivity index (χ1n) is 5.44. The van der Waals surface area contributed by atoms with Gasteiger partial charge in [0.1, 0.15) is 0 Å². The third-order valence-corrected chi connectivity index (χ3v) is 3.53. The van der Waals surface area contributed by atoms with Crippen LogP contribution in [-0.4, -0.2) is 22.8 Å². The molecule has 0 bridgehead atoms. The zero-order valence-corrected chi connectivity index (χ0v) is 12.1. The van der Waals surface area contributed by atoms with E-state index in [1.807, 2.05) is 24.3 Å². The second-order valence-corrected chi connectivity index (χ2v) is 5.83. The van der Waals surface area contributed by atoms with E-state index in [0.717, 1.165) is 21.1 Å². The van der Waals surface area contributed by atoms with Gasteiger partial charge >= 0.3 is 5.51 Å². The second-order valence-electron chi connectivity index (χ2n) is 3.75.